The van der Waals surface area contributed by atoms with Crippen LogP contribution < -0.4 is 5.73 Å². The third kappa shape index (κ3) is 3.20. The molecule has 1 rings (SSSR count). The second-order valence-electron chi connectivity index (χ2n) is 5.03. The summed E-state index contributed by atoms with van der Waals surface area (Å²) >= 11 is 0. The molecule has 1 aliphatic heterocycles. The average molecular weight is 212 g/mol. The average Bonchev–Trinajstić information content (AvgIpc) is 2.18. The standard InChI is InChI=1S/C12H24N2O/c1-4-11(6-13)12(15)14-7-9(2)5-10(3)8-14/h9-11H,4-8,13H2,1-3H3. The van der Waals surface area contributed by atoms with Gasteiger partial charge in [-0.2, -0.15) is 0 Å². The van der Waals surface area contributed by atoms with Crippen molar-refractivity contribution in [2.75, 3.05) is 19.6 Å². The predicted molar refractivity (Wildman–Crippen MR) is 62.4 cm³/mol. The number of piperidine rings is 1. The summed E-state index contributed by atoms with van der Waals surface area (Å²) in [5, 5.41) is 0. The largest absolute Gasteiger partial charge is 0.342 e. The van der Waals surface area contributed by atoms with E-state index in [0.717, 1.165) is 19.5 Å². The molecule has 3 nitrogen and oxygen atoms in total. The van der Waals surface area contributed by atoms with Crippen LogP contribution in [0.1, 0.15) is 33.6 Å². The minimum absolute atomic E-state index is 0.0301. The van der Waals surface area contributed by atoms with Crippen LogP contribution in [-0.4, -0.2) is 30.4 Å². The zero-order valence-corrected chi connectivity index (χ0v) is 10.2. The maximum Gasteiger partial charge on any atom is 0.226 e. The van der Waals surface area contributed by atoms with Crippen molar-refractivity contribution >= 4 is 5.91 Å². The van der Waals surface area contributed by atoms with Crippen molar-refractivity contribution in [1.82, 2.24) is 4.90 Å². The van der Waals surface area contributed by atoms with Gasteiger partial charge in [-0.1, -0.05) is 20.8 Å². The molecule has 1 saturated heterocycles. The molecule has 0 aromatic heterocycles. The number of amides is 1. The van der Waals surface area contributed by atoms with Gasteiger partial charge in [-0.3, -0.25) is 4.79 Å². The first-order chi connectivity index (χ1) is 7.08. The summed E-state index contributed by atoms with van der Waals surface area (Å²) in [4.78, 5) is 14.1. The van der Waals surface area contributed by atoms with Gasteiger partial charge in [0.05, 0.1) is 5.92 Å². The fourth-order valence-electron chi connectivity index (χ4n) is 2.54. The summed E-state index contributed by atoms with van der Waals surface area (Å²) in [6.45, 7) is 8.79. The molecule has 1 heterocycles. The fraction of sp³-hybridized carbons (Fsp3) is 0.917. The molecular weight excluding hydrogens is 188 g/mol. The Balaban J connectivity index is 2.58. The van der Waals surface area contributed by atoms with Crippen LogP contribution >= 0.6 is 0 Å². The van der Waals surface area contributed by atoms with Gasteiger partial charge in [-0.05, 0) is 24.7 Å². The second kappa shape index (κ2) is 5.50. The molecule has 0 aromatic rings. The van der Waals surface area contributed by atoms with Gasteiger partial charge in [-0.15, -0.1) is 0 Å². The number of rotatable bonds is 3. The third-order valence-corrected chi connectivity index (χ3v) is 3.31. The zero-order valence-electron chi connectivity index (χ0n) is 10.2. The monoisotopic (exact) mass is 212 g/mol. The van der Waals surface area contributed by atoms with Crippen LogP contribution in [0.4, 0.5) is 0 Å². The van der Waals surface area contributed by atoms with Gasteiger partial charge in [-0.25, -0.2) is 0 Å². The van der Waals surface area contributed by atoms with Crippen molar-refractivity contribution in [3.8, 4) is 0 Å². The SMILES string of the molecule is CCC(CN)C(=O)N1CC(C)CC(C)C1. The maximum absolute atomic E-state index is 12.1. The molecule has 3 heteroatoms. The number of carbonyl (C=O) groups excluding carboxylic acids is 1. The van der Waals surface area contributed by atoms with Gasteiger partial charge in [0.15, 0.2) is 0 Å². The van der Waals surface area contributed by atoms with Gasteiger partial charge >= 0.3 is 0 Å². The van der Waals surface area contributed by atoms with E-state index in [1.165, 1.54) is 6.42 Å². The van der Waals surface area contributed by atoms with Crippen LogP contribution in [0.3, 0.4) is 0 Å². The van der Waals surface area contributed by atoms with Gasteiger partial charge in [0.1, 0.15) is 0 Å². The molecule has 0 bridgehead atoms. The molecule has 1 amide bonds. The molecule has 3 atom stereocenters. The van der Waals surface area contributed by atoms with Crippen molar-refractivity contribution in [1.29, 1.82) is 0 Å². The normalized spacial score (nSPS) is 28.9. The number of hydrogen-bond acceptors (Lipinski definition) is 2. The number of nitrogens with two attached hydrogens (primary N) is 1. The lowest BCUT2D eigenvalue weighted by molar-refractivity contribution is -0.138. The van der Waals surface area contributed by atoms with Crippen LogP contribution in [-0.2, 0) is 4.79 Å². The van der Waals surface area contributed by atoms with Crippen molar-refractivity contribution in [2.24, 2.45) is 23.5 Å². The van der Waals surface area contributed by atoms with Gasteiger partial charge < -0.3 is 10.6 Å². The summed E-state index contributed by atoms with van der Waals surface area (Å²) in [5.41, 5.74) is 5.61. The van der Waals surface area contributed by atoms with Crippen molar-refractivity contribution in [3.63, 3.8) is 0 Å². The molecule has 0 radical (unpaired) electrons. The van der Waals surface area contributed by atoms with Crippen LogP contribution in [0.25, 0.3) is 0 Å². The van der Waals surface area contributed by atoms with Crippen molar-refractivity contribution in [3.05, 3.63) is 0 Å². The highest BCUT2D eigenvalue weighted by Crippen LogP contribution is 2.22. The molecule has 1 aliphatic rings. The summed E-state index contributed by atoms with van der Waals surface area (Å²) in [6, 6.07) is 0. The Morgan fingerprint density at radius 1 is 1.40 bits per heavy atom. The number of nitrogens with zero attached hydrogens (tertiary/aromatic N) is 1. The van der Waals surface area contributed by atoms with E-state index in [4.69, 9.17) is 5.73 Å². The highest BCUT2D eigenvalue weighted by atomic mass is 16.2. The number of likely N-dealkylation sites (tertiary alicyclic amines) is 1. The lowest BCUT2D eigenvalue weighted by Gasteiger charge is -2.36. The topological polar surface area (TPSA) is 46.3 Å². The minimum Gasteiger partial charge on any atom is -0.342 e. The van der Waals surface area contributed by atoms with Crippen LogP contribution in [0.5, 0.6) is 0 Å². The Hall–Kier alpha value is -0.570. The Bertz CT molecular complexity index is 204. The Morgan fingerprint density at radius 2 is 1.93 bits per heavy atom. The van der Waals surface area contributed by atoms with E-state index in [1.807, 2.05) is 11.8 Å². The molecule has 88 valence electrons. The van der Waals surface area contributed by atoms with Gasteiger partial charge in [0, 0.05) is 19.6 Å². The summed E-state index contributed by atoms with van der Waals surface area (Å²) in [7, 11) is 0. The Labute approximate surface area is 93.0 Å². The van der Waals surface area contributed by atoms with E-state index < -0.39 is 0 Å². The molecule has 1 fully saturated rings. The van der Waals surface area contributed by atoms with Gasteiger partial charge in [0.25, 0.3) is 0 Å². The predicted octanol–water partition coefficient (Wildman–Crippen LogP) is 1.48. The smallest absolute Gasteiger partial charge is 0.226 e. The molecule has 2 N–H and O–H groups in total. The van der Waals surface area contributed by atoms with E-state index in [2.05, 4.69) is 13.8 Å². The van der Waals surface area contributed by atoms with Crippen molar-refractivity contribution < 1.29 is 4.79 Å². The van der Waals surface area contributed by atoms with Crippen LogP contribution in [0.2, 0.25) is 0 Å². The van der Waals surface area contributed by atoms with Gasteiger partial charge in [0.2, 0.25) is 5.91 Å². The Morgan fingerprint density at radius 3 is 2.33 bits per heavy atom. The first-order valence-electron chi connectivity index (χ1n) is 6.07. The van der Waals surface area contributed by atoms with E-state index in [-0.39, 0.29) is 11.8 Å². The number of hydrogen-bond donors (Lipinski definition) is 1. The third-order valence-electron chi connectivity index (χ3n) is 3.31. The Kier molecular flexibility index (Phi) is 4.58. The van der Waals surface area contributed by atoms with E-state index in [1.54, 1.807) is 0 Å². The molecule has 0 spiro atoms. The molecule has 15 heavy (non-hydrogen) atoms. The minimum atomic E-state index is 0.0301. The summed E-state index contributed by atoms with van der Waals surface area (Å²) in [5.74, 6) is 1.56. The van der Waals surface area contributed by atoms with Crippen molar-refractivity contribution in [2.45, 2.75) is 33.6 Å². The van der Waals surface area contributed by atoms with E-state index in [0.29, 0.717) is 18.4 Å². The molecule has 0 aliphatic carbocycles. The zero-order chi connectivity index (χ0) is 11.4. The summed E-state index contributed by atoms with van der Waals surface area (Å²) in [6.07, 6.45) is 2.10. The van der Waals surface area contributed by atoms with Crippen LogP contribution in [0, 0.1) is 17.8 Å². The maximum atomic E-state index is 12.1. The fourth-order valence-corrected chi connectivity index (χ4v) is 2.54. The van der Waals surface area contributed by atoms with E-state index >= 15 is 0 Å². The van der Waals surface area contributed by atoms with Crippen LogP contribution in [0.15, 0.2) is 0 Å². The summed E-state index contributed by atoms with van der Waals surface area (Å²) < 4.78 is 0. The first-order valence-corrected chi connectivity index (χ1v) is 6.07. The lowest BCUT2D eigenvalue weighted by atomic mass is 9.90. The quantitative estimate of drug-likeness (QED) is 0.770. The molecule has 3 unspecified atom stereocenters. The highest BCUT2D eigenvalue weighted by Gasteiger charge is 2.28. The molecular formula is C12H24N2O. The lowest BCUT2D eigenvalue weighted by Crippen LogP contribution is -2.46. The molecule has 0 aromatic carbocycles. The number of carbonyl (C=O) groups is 1. The first kappa shape index (κ1) is 12.5. The second-order valence-corrected chi connectivity index (χ2v) is 5.03. The van der Waals surface area contributed by atoms with E-state index in [9.17, 15) is 4.79 Å². The molecule has 0 saturated carbocycles. The highest BCUT2D eigenvalue weighted by molar-refractivity contribution is 5.79.